The molecule has 0 amide bonds. The van der Waals surface area contributed by atoms with Crippen molar-refractivity contribution in [2.24, 2.45) is 5.41 Å². The molecule has 7 heteroatoms. The topological polar surface area (TPSA) is 86.0 Å². The van der Waals surface area contributed by atoms with Gasteiger partial charge in [-0.1, -0.05) is 25.1 Å². The van der Waals surface area contributed by atoms with Crippen LogP contribution in [0.4, 0.5) is 0 Å². The van der Waals surface area contributed by atoms with Crippen LogP contribution in [-0.4, -0.2) is 29.8 Å². The van der Waals surface area contributed by atoms with Crippen molar-refractivity contribution in [1.29, 1.82) is 0 Å². The molecule has 3 rings (SSSR count). The molecule has 130 valence electrons. The first-order valence-corrected chi connectivity index (χ1v) is 9.92. The SMILES string of the molecule is CC1(C)CCc2nc(-c3nc(C(C)(C)S(C)(=O)=O)no3)ccc2C1. The molecule has 1 aliphatic carbocycles. The highest BCUT2D eigenvalue weighted by Crippen LogP contribution is 2.35. The fourth-order valence-corrected chi connectivity index (χ4v) is 3.24. The first-order valence-electron chi connectivity index (χ1n) is 8.03. The summed E-state index contributed by atoms with van der Waals surface area (Å²) in [7, 11) is -3.36. The number of nitrogens with zero attached hydrogens (tertiary/aromatic N) is 3. The predicted molar refractivity (Wildman–Crippen MR) is 91.2 cm³/mol. The van der Waals surface area contributed by atoms with Gasteiger partial charge in [0.2, 0.25) is 0 Å². The van der Waals surface area contributed by atoms with Crippen molar-refractivity contribution in [2.75, 3.05) is 6.26 Å². The van der Waals surface area contributed by atoms with Gasteiger partial charge in [0, 0.05) is 11.9 Å². The Labute approximate surface area is 142 Å². The smallest absolute Gasteiger partial charge is 0.276 e. The number of rotatable bonds is 3. The van der Waals surface area contributed by atoms with E-state index >= 15 is 0 Å². The highest BCUT2D eigenvalue weighted by atomic mass is 32.2. The monoisotopic (exact) mass is 349 g/mol. The Morgan fingerprint density at radius 3 is 2.58 bits per heavy atom. The molecule has 1 aliphatic rings. The summed E-state index contributed by atoms with van der Waals surface area (Å²) in [6.07, 6.45) is 4.19. The first kappa shape index (κ1) is 17.1. The van der Waals surface area contributed by atoms with Crippen molar-refractivity contribution in [3.05, 3.63) is 29.2 Å². The predicted octanol–water partition coefficient (Wildman–Crippen LogP) is 2.93. The van der Waals surface area contributed by atoms with E-state index in [1.54, 1.807) is 13.8 Å². The van der Waals surface area contributed by atoms with E-state index in [9.17, 15) is 8.42 Å². The van der Waals surface area contributed by atoms with Crippen LogP contribution in [0.2, 0.25) is 0 Å². The molecule has 2 aromatic heterocycles. The summed E-state index contributed by atoms with van der Waals surface area (Å²) < 4.78 is 27.9. The van der Waals surface area contributed by atoms with E-state index in [0.29, 0.717) is 11.1 Å². The van der Waals surface area contributed by atoms with E-state index < -0.39 is 14.6 Å². The molecule has 2 aromatic rings. The molecule has 0 aromatic carbocycles. The van der Waals surface area contributed by atoms with Crippen LogP contribution in [0, 0.1) is 5.41 Å². The maximum atomic E-state index is 11.9. The molecule has 0 atom stereocenters. The van der Waals surface area contributed by atoms with E-state index in [-0.39, 0.29) is 11.7 Å². The van der Waals surface area contributed by atoms with Crippen molar-refractivity contribution in [2.45, 2.75) is 51.7 Å². The number of fused-ring (bicyclic) bond motifs is 1. The number of sulfone groups is 1. The Kier molecular flexibility index (Phi) is 3.82. The van der Waals surface area contributed by atoms with Gasteiger partial charge in [0.15, 0.2) is 15.7 Å². The van der Waals surface area contributed by atoms with Crippen LogP contribution in [0.3, 0.4) is 0 Å². The van der Waals surface area contributed by atoms with Crippen molar-refractivity contribution in [1.82, 2.24) is 15.1 Å². The quantitative estimate of drug-likeness (QED) is 0.847. The Morgan fingerprint density at radius 2 is 1.92 bits per heavy atom. The fourth-order valence-electron chi connectivity index (χ4n) is 2.83. The zero-order valence-electron chi connectivity index (χ0n) is 14.8. The van der Waals surface area contributed by atoms with Gasteiger partial charge in [0.05, 0.1) is 0 Å². The molecule has 0 fully saturated rings. The maximum absolute atomic E-state index is 11.9. The molecule has 2 heterocycles. The van der Waals surface area contributed by atoms with Crippen LogP contribution >= 0.6 is 0 Å². The third kappa shape index (κ3) is 2.97. The molecule has 0 saturated heterocycles. The van der Waals surface area contributed by atoms with Crippen molar-refractivity contribution in [3.8, 4) is 11.6 Å². The molecule has 0 spiro atoms. The van der Waals surface area contributed by atoms with Crippen molar-refractivity contribution in [3.63, 3.8) is 0 Å². The molecule has 0 unspecified atom stereocenters. The summed E-state index contributed by atoms with van der Waals surface area (Å²) >= 11 is 0. The van der Waals surface area contributed by atoms with Crippen LogP contribution in [0.15, 0.2) is 16.7 Å². The third-order valence-electron chi connectivity index (χ3n) is 4.89. The van der Waals surface area contributed by atoms with Gasteiger partial charge in [0.1, 0.15) is 10.4 Å². The lowest BCUT2D eigenvalue weighted by molar-refractivity contribution is 0.312. The molecule has 0 aliphatic heterocycles. The first-order chi connectivity index (χ1) is 11.0. The van der Waals surface area contributed by atoms with Gasteiger partial charge in [-0.25, -0.2) is 13.4 Å². The Morgan fingerprint density at radius 1 is 1.21 bits per heavy atom. The van der Waals surface area contributed by atoms with E-state index in [2.05, 4.69) is 35.0 Å². The number of hydrogen-bond donors (Lipinski definition) is 0. The van der Waals surface area contributed by atoms with Gasteiger partial charge in [-0.2, -0.15) is 4.98 Å². The third-order valence-corrected chi connectivity index (χ3v) is 6.92. The van der Waals surface area contributed by atoms with Gasteiger partial charge in [-0.05, 0) is 50.2 Å². The Bertz CT molecular complexity index is 882. The molecule has 0 radical (unpaired) electrons. The second-order valence-electron chi connectivity index (χ2n) is 7.85. The lowest BCUT2D eigenvalue weighted by Gasteiger charge is -2.30. The molecule has 24 heavy (non-hydrogen) atoms. The second kappa shape index (κ2) is 5.37. The lowest BCUT2D eigenvalue weighted by atomic mass is 9.76. The van der Waals surface area contributed by atoms with Crippen LogP contribution in [-0.2, 0) is 27.4 Å². The van der Waals surface area contributed by atoms with E-state index in [0.717, 1.165) is 25.0 Å². The standard InChI is InChI=1S/C17H23N3O3S/c1-16(2)9-8-12-11(10-16)6-7-13(18-12)14-19-15(20-23-14)17(3,4)24(5,21)22/h6-7H,8-10H2,1-5H3. The van der Waals surface area contributed by atoms with Crippen molar-refractivity contribution >= 4 is 9.84 Å². The van der Waals surface area contributed by atoms with Crippen LogP contribution in [0.1, 0.15) is 51.2 Å². The highest BCUT2D eigenvalue weighted by molar-refractivity contribution is 7.91. The summed E-state index contributed by atoms with van der Waals surface area (Å²) in [5, 5.41) is 3.86. The number of pyridine rings is 1. The van der Waals surface area contributed by atoms with Gasteiger partial charge in [-0.3, -0.25) is 0 Å². The highest BCUT2D eigenvalue weighted by Gasteiger charge is 2.37. The number of aromatic nitrogens is 3. The average molecular weight is 349 g/mol. The Balaban J connectivity index is 1.95. The van der Waals surface area contributed by atoms with E-state index in [1.807, 2.05) is 6.07 Å². The second-order valence-corrected chi connectivity index (χ2v) is 10.4. The van der Waals surface area contributed by atoms with Crippen molar-refractivity contribution < 1.29 is 12.9 Å². The van der Waals surface area contributed by atoms with Gasteiger partial charge < -0.3 is 4.52 Å². The number of aryl methyl sites for hydroxylation is 1. The minimum Gasteiger partial charge on any atom is -0.332 e. The number of hydrogen-bond acceptors (Lipinski definition) is 6. The minimum absolute atomic E-state index is 0.153. The summed E-state index contributed by atoms with van der Waals surface area (Å²) in [4.78, 5) is 8.94. The summed E-state index contributed by atoms with van der Waals surface area (Å²) in [6.45, 7) is 7.67. The molecular formula is C17H23N3O3S. The minimum atomic E-state index is -3.36. The van der Waals surface area contributed by atoms with E-state index in [1.165, 1.54) is 11.8 Å². The van der Waals surface area contributed by atoms with Gasteiger partial charge in [0.25, 0.3) is 5.89 Å². The molecular weight excluding hydrogens is 326 g/mol. The molecule has 0 saturated carbocycles. The average Bonchev–Trinajstić information content (AvgIpc) is 2.95. The zero-order chi connectivity index (χ0) is 17.8. The Hall–Kier alpha value is -1.76. The summed E-state index contributed by atoms with van der Waals surface area (Å²) in [6, 6.07) is 3.93. The maximum Gasteiger partial charge on any atom is 0.276 e. The largest absolute Gasteiger partial charge is 0.332 e. The normalized spacial score (nSPS) is 17.5. The van der Waals surface area contributed by atoms with Crippen LogP contribution in [0.25, 0.3) is 11.6 Å². The van der Waals surface area contributed by atoms with E-state index in [4.69, 9.17) is 4.52 Å². The van der Waals surface area contributed by atoms with Crippen LogP contribution < -0.4 is 0 Å². The van der Waals surface area contributed by atoms with Gasteiger partial charge >= 0.3 is 0 Å². The zero-order valence-corrected chi connectivity index (χ0v) is 15.6. The lowest BCUT2D eigenvalue weighted by Crippen LogP contribution is -2.29. The van der Waals surface area contributed by atoms with Crippen LogP contribution in [0.5, 0.6) is 0 Å². The molecule has 6 nitrogen and oxygen atoms in total. The summed E-state index contributed by atoms with van der Waals surface area (Å²) in [5.41, 5.74) is 3.21. The van der Waals surface area contributed by atoms with Gasteiger partial charge in [-0.15, -0.1) is 0 Å². The molecule has 0 N–H and O–H groups in total. The molecule has 0 bridgehead atoms. The fraction of sp³-hybridized carbons (Fsp3) is 0.588. The summed E-state index contributed by atoms with van der Waals surface area (Å²) in [5.74, 6) is 0.412.